The summed E-state index contributed by atoms with van der Waals surface area (Å²) in [5, 5.41) is 22.0. The van der Waals surface area contributed by atoms with E-state index in [1.54, 1.807) is 24.3 Å². The summed E-state index contributed by atoms with van der Waals surface area (Å²) in [6.07, 6.45) is -6.48. The van der Waals surface area contributed by atoms with Crippen LogP contribution in [0.25, 0.3) is 0 Å². The minimum atomic E-state index is -4.56. The van der Waals surface area contributed by atoms with Crippen LogP contribution < -0.4 is 10.1 Å². The van der Waals surface area contributed by atoms with E-state index in [1.807, 2.05) is 30.3 Å². The molecular weight excluding hydrogens is 451 g/mol. The first-order valence-corrected chi connectivity index (χ1v) is 10.3. The predicted molar refractivity (Wildman–Crippen MR) is 117 cm³/mol. The number of halogens is 3. The van der Waals surface area contributed by atoms with Gasteiger partial charge in [0.25, 0.3) is 5.91 Å². The van der Waals surface area contributed by atoms with E-state index in [1.165, 1.54) is 0 Å². The fourth-order valence-electron chi connectivity index (χ4n) is 3.20. The van der Waals surface area contributed by atoms with Crippen LogP contribution in [0, 0.1) is 0 Å². The summed E-state index contributed by atoms with van der Waals surface area (Å²) < 4.78 is 43.8. The van der Waals surface area contributed by atoms with E-state index in [0.717, 1.165) is 29.8 Å². The van der Waals surface area contributed by atoms with E-state index in [9.17, 15) is 33.0 Å². The second kappa shape index (κ2) is 10.8. The second-order valence-corrected chi connectivity index (χ2v) is 7.55. The summed E-state index contributed by atoms with van der Waals surface area (Å²) in [7, 11) is 0. The molecule has 0 spiro atoms. The Morgan fingerprint density at radius 2 is 1.56 bits per heavy atom. The van der Waals surface area contributed by atoms with E-state index < -0.39 is 35.8 Å². The van der Waals surface area contributed by atoms with Crippen molar-refractivity contribution in [3.63, 3.8) is 0 Å². The molecule has 0 bridgehead atoms. The van der Waals surface area contributed by atoms with E-state index in [-0.39, 0.29) is 12.0 Å². The van der Waals surface area contributed by atoms with E-state index in [4.69, 9.17) is 4.74 Å². The zero-order chi connectivity index (χ0) is 24.7. The Hall–Kier alpha value is -3.85. The largest absolute Gasteiger partial charge is 0.489 e. The van der Waals surface area contributed by atoms with Crippen molar-refractivity contribution in [2.75, 3.05) is 0 Å². The second-order valence-electron chi connectivity index (χ2n) is 7.55. The third-order valence-corrected chi connectivity index (χ3v) is 5.00. The van der Waals surface area contributed by atoms with Crippen molar-refractivity contribution in [2.45, 2.75) is 31.3 Å². The molecule has 0 radical (unpaired) electrons. The number of benzene rings is 3. The number of hydrogen-bond donors (Lipinski definition) is 3. The van der Waals surface area contributed by atoms with Crippen molar-refractivity contribution in [3.8, 4) is 5.75 Å². The number of amides is 1. The normalized spacial score (nSPS) is 13.1. The van der Waals surface area contributed by atoms with Crippen LogP contribution in [0.15, 0.2) is 78.9 Å². The highest BCUT2D eigenvalue weighted by atomic mass is 19.4. The van der Waals surface area contributed by atoms with Crippen molar-refractivity contribution in [1.82, 2.24) is 5.32 Å². The number of ether oxygens (including phenoxy) is 1. The zero-order valence-corrected chi connectivity index (χ0v) is 17.8. The van der Waals surface area contributed by atoms with Crippen molar-refractivity contribution >= 4 is 11.9 Å². The minimum Gasteiger partial charge on any atom is -0.489 e. The third-order valence-electron chi connectivity index (χ3n) is 5.00. The molecule has 3 rings (SSSR count). The fourth-order valence-corrected chi connectivity index (χ4v) is 3.20. The number of aliphatic carboxylic acids is 1. The summed E-state index contributed by atoms with van der Waals surface area (Å²) in [6, 6.07) is 18.2. The lowest BCUT2D eigenvalue weighted by molar-refractivity contribution is -0.143. The number of carbonyl (C=O) groups excluding carboxylic acids is 1. The minimum absolute atomic E-state index is 0.0917. The van der Waals surface area contributed by atoms with Gasteiger partial charge in [-0.1, -0.05) is 54.6 Å². The number of nitrogens with one attached hydrogen (secondary N) is 1. The van der Waals surface area contributed by atoms with Gasteiger partial charge in [0.1, 0.15) is 18.4 Å². The summed E-state index contributed by atoms with van der Waals surface area (Å²) in [5.74, 6) is -1.85. The summed E-state index contributed by atoms with van der Waals surface area (Å²) in [6.45, 7) is 0.322. The summed E-state index contributed by atoms with van der Waals surface area (Å²) >= 11 is 0. The smallest absolute Gasteiger partial charge is 0.416 e. The number of carboxylic acid groups (broad SMARTS) is 1. The summed E-state index contributed by atoms with van der Waals surface area (Å²) in [5.41, 5.74) is 0.510. The number of aliphatic hydroxyl groups is 1. The maximum absolute atomic E-state index is 12.7. The molecule has 0 unspecified atom stereocenters. The molecule has 3 N–H and O–H groups in total. The van der Waals surface area contributed by atoms with Gasteiger partial charge in [-0.05, 0) is 41.0 Å². The number of carbonyl (C=O) groups is 2. The SMILES string of the molecule is O=C(O)[C@@H](Cc1cccc(OCc2ccccc2)c1)NC(=O)[C@H](O)c1ccc(C(F)(F)F)cc1. The molecule has 3 aromatic carbocycles. The highest BCUT2D eigenvalue weighted by Gasteiger charge is 2.31. The van der Waals surface area contributed by atoms with Crippen molar-refractivity contribution in [2.24, 2.45) is 0 Å². The van der Waals surface area contributed by atoms with Crippen LogP contribution in [-0.4, -0.2) is 28.1 Å². The van der Waals surface area contributed by atoms with Crippen LogP contribution in [-0.2, 0) is 28.8 Å². The first-order chi connectivity index (χ1) is 16.1. The maximum Gasteiger partial charge on any atom is 0.416 e. The monoisotopic (exact) mass is 473 g/mol. The Morgan fingerprint density at radius 3 is 2.18 bits per heavy atom. The molecule has 34 heavy (non-hydrogen) atoms. The van der Waals surface area contributed by atoms with Crippen LogP contribution in [0.5, 0.6) is 5.75 Å². The molecule has 2 atom stereocenters. The van der Waals surface area contributed by atoms with Gasteiger partial charge < -0.3 is 20.3 Å². The number of aliphatic hydroxyl groups excluding tert-OH is 1. The van der Waals surface area contributed by atoms with Gasteiger partial charge >= 0.3 is 12.1 Å². The van der Waals surface area contributed by atoms with Gasteiger partial charge in [0.2, 0.25) is 0 Å². The third kappa shape index (κ3) is 6.82. The molecular formula is C25H22F3NO5. The molecule has 0 saturated carbocycles. The lowest BCUT2D eigenvalue weighted by Gasteiger charge is -2.18. The Bertz CT molecular complexity index is 1120. The van der Waals surface area contributed by atoms with Gasteiger partial charge in [-0.25, -0.2) is 4.79 Å². The lowest BCUT2D eigenvalue weighted by Crippen LogP contribution is -2.44. The first kappa shape index (κ1) is 24.8. The van der Waals surface area contributed by atoms with E-state index in [2.05, 4.69) is 5.32 Å². The van der Waals surface area contributed by atoms with E-state index in [0.29, 0.717) is 17.9 Å². The van der Waals surface area contributed by atoms with Crippen molar-refractivity contribution in [1.29, 1.82) is 0 Å². The summed E-state index contributed by atoms with van der Waals surface area (Å²) in [4.78, 5) is 24.1. The van der Waals surface area contributed by atoms with Gasteiger partial charge in [0.05, 0.1) is 5.56 Å². The quantitative estimate of drug-likeness (QED) is 0.434. The Balaban J connectivity index is 1.63. The number of alkyl halides is 3. The lowest BCUT2D eigenvalue weighted by atomic mass is 10.0. The Kier molecular flexibility index (Phi) is 7.91. The van der Waals surface area contributed by atoms with Crippen LogP contribution >= 0.6 is 0 Å². The molecule has 0 aliphatic rings. The molecule has 178 valence electrons. The van der Waals surface area contributed by atoms with Gasteiger partial charge in [-0.2, -0.15) is 13.2 Å². The molecule has 9 heteroatoms. The molecule has 0 fully saturated rings. The Labute approximate surface area is 193 Å². The first-order valence-electron chi connectivity index (χ1n) is 10.3. The van der Waals surface area contributed by atoms with Crippen LogP contribution in [0.1, 0.15) is 28.4 Å². The van der Waals surface area contributed by atoms with Crippen molar-refractivity contribution in [3.05, 3.63) is 101 Å². The van der Waals surface area contributed by atoms with Crippen LogP contribution in [0.3, 0.4) is 0 Å². The predicted octanol–water partition coefficient (Wildman–Crippen LogP) is 4.13. The van der Waals surface area contributed by atoms with Crippen molar-refractivity contribution < 1.29 is 37.7 Å². The molecule has 0 saturated heterocycles. The molecule has 0 aromatic heterocycles. The zero-order valence-electron chi connectivity index (χ0n) is 17.8. The standard InChI is InChI=1S/C25H22F3NO5/c26-25(27,28)19-11-9-18(10-12-19)22(30)23(31)29-21(24(32)33)14-17-7-4-8-20(13-17)34-15-16-5-2-1-3-6-16/h1-13,21-22,30H,14-15H2,(H,29,31)(H,32,33)/t21-,22-/m1/s1. The molecule has 1 amide bonds. The molecule has 0 heterocycles. The molecule has 3 aromatic rings. The molecule has 6 nitrogen and oxygen atoms in total. The average Bonchev–Trinajstić information content (AvgIpc) is 2.82. The number of hydrogen-bond acceptors (Lipinski definition) is 4. The van der Waals surface area contributed by atoms with Gasteiger partial charge in [0, 0.05) is 6.42 Å². The van der Waals surface area contributed by atoms with Gasteiger partial charge in [0.15, 0.2) is 6.10 Å². The van der Waals surface area contributed by atoms with E-state index >= 15 is 0 Å². The fraction of sp³-hybridized carbons (Fsp3) is 0.200. The molecule has 0 aliphatic heterocycles. The number of carboxylic acids is 1. The maximum atomic E-state index is 12.7. The van der Waals surface area contributed by atoms with Gasteiger partial charge in [-0.3, -0.25) is 4.79 Å². The van der Waals surface area contributed by atoms with Gasteiger partial charge in [-0.15, -0.1) is 0 Å². The average molecular weight is 473 g/mol. The Morgan fingerprint density at radius 1 is 0.912 bits per heavy atom. The molecule has 0 aliphatic carbocycles. The highest BCUT2D eigenvalue weighted by Crippen LogP contribution is 2.30. The van der Waals surface area contributed by atoms with Crippen LogP contribution in [0.4, 0.5) is 13.2 Å². The van der Waals surface area contributed by atoms with Crippen LogP contribution in [0.2, 0.25) is 0 Å². The highest BCUT2D eigenvalue weighted by molar-refractivity contribution is 5.87. The topological polar surface area (TPSA) is 95.9 Å². The number of rotatable bonds is 9.